The Morgan fingerprint density at radius 3 is 2.52 bits per heavy atom. The van der Waals surface area contributed by atoms with Crippen molar-refractivity contribution in [2.24, 2.45) is 4.99 Å². The van der Waals surface area contributed by atoms with Crippen LogP contribution in [0.2, 0.25) is 0 Å². The molecule has 0 saturated carbocycles. The Labute approximate surface area is 175 Å². The fourth-order valence-corrected chi connectivity index (χ4v) is 3.44. The highest BCUT2D eigenvalue weighted by Crippen LogP contribution is 2.27. The number of guanidine groups is 1. The maximum atomic E-state index is 5.96. The van der Waals surface area contributed by atoms with Gasteiger partial charge in [0.2, 0.25) is 0 Å². The van der Waals surface area contributed by atoms with Crippen LogP contribution < -0.4 is 14.8 Å². The summed E-state index contributed by atoms with van der Waals surface area (Å²) in [6, 6.07) is 6.03. The SMILES string of the molecule is CCNC(=NCCc1ccc(OC)c(OC)c1)N1CCC(OCCCOC)CC1. The lowest BCUT2D eigenvalue weighted by molar-refractivity contribution is 0.00991. The van der Waals surface area contributed by atoms with Gasteiger partial charge in [0.05, 0.1) is 20.3 Å². The Hall–Kier alpha value is -1.99. The maximum Gasteiger partial charge on any atom is 0.193 e. The zero-order valence-electron chi connectivity index (χ0n) is 18.4. The van der Waals surface area contributed by atoms with Gasteiger partial charge in [-0.1, -0.05) is 6.07 Å². The number of hydrogen-bond acceptors (Lipinski definition) is 5. The van der Waals surface area contributed by atoms with Crippen molar-refractivity contribution in [1.29, 1.82) is 0 Å². The summed E-state index contributed by atoms with van der Waals surface area (Å²) in [5, 5.41) is 3.43. The molecule has 1 aromatic rings. The molecule has 7 heteroatoms. The maximum absolute atomic E-state index is 5.96. The second-order valence-electron chi connectivity index (χ2n) is 7.08. The van der Waals surface area contributed by atoms with Gasteiger partial charge in [0.15, 0.2) is 17.5 Å². The first-order valence-corrected chi connectivity index (χ1v) is 10.6. The lowest BCUT2D eigenvalue weighted by atomic mass is 10.1. The van der Waals surface area contributed by atoms with Gasteiger partial charge in [0.1, 0.15) is 0 Å². The monoisotopic (exact) mass is 407 g/mol. The molecule has 1 aromatic carbocycles. The molecule has 2 rings (SSSR count). The molecule has 0 atom stereocenters. The second kappa shape index (κ2) is 13.3. The van der Waals surface area contributed by atoms with Crippen LogP contribution in [-0.2, 0) is 15.9 Å². The number of likely N-dealkylation sites (tertiary alicyclic amines) is 1. The molecule has 1 saturated heterocycles. The number of rotatable bonds is 11. The van der Waals surface area contributed by atoms with Gasteiger partial charge in [-0.05, 0) is 50.3 Å². The third kappa shape index (κ3) is 7.74. The van der Waals surface area contributed by atoms with Gasteiger partial charge in [-0.2, -0.15) is 0 Å². The quantitative estimate of drug-likeness (QED) is 0.346. The number of benzene rings is 1. The van der Waals surface area contributed by atoms with Crippen LogP contribution in [0, 0.1) is 0 Å². The normalized spacial score (nSPS) is 15.4. The highest BCUT2D eigenvalue weighted by molar-refractivity contribution is 5.80. The van der Waals surface area contributed by atoms with E-state index in [0.29, 0.717) is 6.10 Å². The van der Waals surface area contributed by atoms with Gasteiger partial charge in [-0.15, -0.1) is 0 Å². The van der Waals surface area contributed by atoms with Gasteiger partial charge < -0.3 is 29.2 Å². The zero-order chi connectivity index (χ0) is 20.9. The number of nitrogens with zero attached hydrogens (tertiary/aromatic N) is 2. The van der Waals surface area contributed by atoms with E-state index in [0.717, 1.165) is 82.5 Å². The van der Waals surface area contributed by atoms with Crippen LogP contribution in [0.1, 0.15) is 31.7 Å². The summed E-state index contributed by atoms with van der Waals surface area (Å²) in [5.41, 5.74) is 1.19. The molecule has 1 aliphatic rings. The van der Waals surface area contributed by atoms with Gasteiger partial charge >= 0.3 is 0 Å². The van der Waals surface area contributed by atoms with Crippen LogP contribution in [0.4, 0.5) is 0 Å². The Kier molecular flexibility index (Phi) is 10.7. The van der Waals surface area contributed by atoms with Gasteiger partial charge in [-0.25, -0.2) is 0 Å². The number of nitrogens with one attached hydrogen (secondary N) is 1. The first-order valence-electron chi connectivity index (χ1n) is 10.6. The van der Waals surface area contributed by atoms with E-state index in [9.17, 15) is 0 Å². The standard InChI is InChI=1S/C22H37N3O4/c1-5-23-22(25-13-10-19(11-14-25)29-16-6-15-26-2)24-12-9-18-7-8-20(27-3)21(17-18)28-4/h7-8,17,19H,5-6,9-16H2,1-4H3,(H,23,24). The molecule has 7 nitrogen and oxygen atoms in total. The number of aliphatic imine (C=N–C) groups is 1. The third-order valence-electron chi connectivity index (χ3n) is 5.03. The molecule has 1 N–H and O–H groups in total. The Morgan fingerprint density at radius 2 is 1.86 bits per heavy atom. The van der Waals surface area contributed by atoms with Crippen LogP contribution in [0.3, 0.4) is 0 Å². The van der Waals surface area contributed by atoms with Crippen molar-refractivity contribution in [2.45, 2.75) is 38.7 Å². The van der Waals surface area contributed by atoms with E-state index >= 15 is 0 Å². The van der Waals surface area contributed by atoms with E-state index < -0.39 is 0 Å². The van der Waals surface area contributed by atoms with E-state index in [4.69, 9.17) is 23.9 Å². The number of ether oxygens (including phenoxy) is 4. The van der Waals surface area contributed by atoms with E-state index in [1.165, 1.54) is 5.56 Å². The highest BCUT2D eigenvalue weighted by atomic mass is 16.5. The van der Waals surface area contributed by atoms with Crippen LogP contribution in [0.15, 0.2) is 23.2 Å². The van der Waals surface area contributed by atoms with Crippen molar-refractivity contribution < 1.29 is 18.9 Å². The van der Waals surface area contributed by atoms with Gasteiger partial charge in [0.25, 0.3) is 0 Å². The summed E-state index contributed by atoms with van der Waals surface area (Å²) in [6.45, 7) is 7.17. The minimum atomic E-state index is 0.345. The molecule has 0 radical (unpaired) electrons. The smallest absolute Gasteiger partial charge is 0.193 e. The lowest BCUT2D eigenvalue weighted by Crippen LogP contribution is -2.47. The predicted octanol–water partition coefficient (Wildman–Crippen LogP) is 2.73. The van der Waals surface area contributed by atoms with E-state index in [1.54, 1.807) is 21.3 Å². The molecular weight excluding hydrogens is 370 g/mol. The minimum absolute atomic E-state index is 0.345. The van der Waals surface area contributed by atoms with Crippen molar-refractivity contribution in [3.05, 3.63) is 23.8 Å². The van der Waals surface area contributed by atoms with Crippen molar-refractivity contribution in [1.82, 2.24) is 10.2 Å². The fourth-order valence-electron chi connectivity index (χ4n) is 3.44. The van der Waals surface area contributed by atoms with Crippen molar-refractivity contribution >= 4 is 5.96 Å². The molecule has 0 spiro atoms. The topological polar surface area (TPSA) is 64.6 Å². The average Bonchev–Trinajstić information content (AvgIpc) is 2.76. The first-order chi connectivity index (χ1) is 14.2. The average molecular weight is 408 g/mol. The summed E-state index contributed by atoms with van der Waals surface area (Å²) < 4.78 is 21.7. The largest absolute Gasteiger partial charge is 0.493 e. The minimum Gasteiger partial charge on any atom is -0.493 e. The highest BCUT2D eigenvalue weighted by Gasteiger charge is 2.21. The van der Waals surface area contributed by atoms with Crippen LogP contribution in [-0.4, -0.2) is 77.7 Å². The van der Waals surface area contributed by atoms with Crippen LogP contribution >= 0.6 is 0 Å². The summed E-state index contributed by atoms with van der Waals surface area (Å²) in [4.78, 5) is 7.18. The molecular formula is C22H37N3O4. The van der Waals surface area contributed by atoms with Crippen molar-refractivity contribution in [2.75, 3.05) is 60.7 Å². The fraction of sp³-hybridized carbons (Fsp3) is 0.682. The molecule has 164 valence electrons. The van der Waals surface area contributed by atoms with Crippen LogP contribution in [0.5, 0.6) is 11.5 Å². The first kappa shape index (κ1) is 23.3. The molecule has 0 unspecified atom stereocenters. The van der Waals surface area contributed by atoms with Crippen molar-refractivity contribution in [3.63, 3.8) is 0 Å². The molecule has 0 bridgehead atoms. The molecule has 0 aliphatic carbocycles. The zero-order valence-corrected chi connectivity index (χ0v) is 18.4. The predicted molar refractivity (Wildman–Crippen MR) is 116 cm³/mol. The molecule has 1 aliphatic heterocycles. The summed E-state index contributed by atoms with van der Waals surface area (Å²) in [5.74, 6) is 2.50. The molecule has 1 heterocycles. The van der Waals surface area contributed by atoms with E-state index in [1.807, 2.05) is 12.1 Å². The van der Waals surface area contributed by atoms with E-state index in [2.05, 4.69) is 23.2 Å². The summed E-state index contributed by atoms with van der Waals surface area (Å²) in [7, 11) is 5.04. The Balaban J connectivity index is 1.84. The molecule has 0 aromatic heterocycles. The molecule has 1 fully saturated rings. The summed E-state index contributed by atoms with van der Waals surface area (Å²) >= 11 is 0. The van der Waals surface area contributed by atoms with Gasteiger partial charge in [-0.3, -0.25) is 4.99 Å². The number of hydrogen-bond donors (Lipinski definition) is 1. The third-order valence-corrected chi connectivity index (χ3v) is 5.03. The van der Waals surface area contributed by atoms with E-state index in [-0.39, 0.29) is 0 Å². The Morgan fingerprint density at radius 1 is 1.10 bits per heavy atom. The Bertz CT molecular complexity index is 616. The van der Waals surface area contributed by atoms with Crippen LogP contribution in [0.25, 0.3) is 0 Å². The second-order valence-corrected chi connectivity index (χ2v) is 7.08. The summed E-state index contributed by atoms with van der Waals surface area (Å²) in [6.07, 6.45) is 4.23. The molecule has 0 amide bonds. The molecule has 29 heavy (non-hydrogen) atoms. The number of methoxy groups -OCH3 is 3. The van der Waals surface area contributed by atoms with Gasteiger partial charge in [0, 0.05) is 46.5 Å². The lowest BCUT2D eigenvalue weighted by Gasteiger charge is -2.34. The number of piperidine rings is 1. The van der Waals surface area contributed by atoms with Crippen molar-refractivity contribution in [3.8, 4) is 11.5 Å².